The van der Waals surface area contributed by atoms with Crippen LogP contribution in [0.25, 0.3) is 0 Å². The van der Waals surface area contributed by atoms with Crippen molar-refractivity contribution in [2.45, 2.75) is 38.7 Å². The molecular formula is C13H20O2. The van der Waals surface area contributed by atoms with E-state index in [-0.39, 0.29) is 5.41 Å². The number of benzene rings is 1. The molecule has 0 fully saturated rings. The summed E-state index contributed by atoms with van der Waals surface area (Å²) in [6.07, 6.45) is 0. The highest BCUT2D eigenvalue weighted by Crippen LogP contribution is 2.35. The van der Waals surface area contributed by atoms with E-state index in [1.165, 1.54) is 0 Å². The Balaban J connectivity index is 3.06. The minimum atomic E-state index is -0.748. The Morgan fingerprint density at radius 3 is 1.80 bits per heavy atom. The summed E-state index contributed by atoms with van der Waals surface area (Å²) in [5.41, 5.74) is 0.0803. The van der Waals surface area contributed by atoms with Gasteiger partial charge in [-0.3, -0.25) is 0 Å². The summed E-state index contributed by atoms with van der Waals surface area (Å²) >= 11 is 0. The van der Waals surface area contributed by atoms with Crippen LogP contribution in [0.4, 0.5) is 0 Å². The van der Waals surface area contributed by atoms with Gasteiger partial charge >= 0.3 is 0 Å². The number of methoxy groups -OCH3 is 1. The second-order valence-corrected chi connectivity index (χ2v) is 4.91. The smallest absolute Gasteiger partial charge is 0.118 e. The summed E-state index contributed by atoms with van der Waals surface area (Å²) in [5, 5.41) is 10.1. The van der Waals surface area contributed by atoms with E-state index in [4.69, 9.17) is 4.74 Å². The molecule has 1 rings (SSSR count). The molecule has 0 bridgehead atoms. The third-order valence-corrected chi connectivity index (χ3v) is 3.34. The van der Waals surface area contributed by atoms with Gasteiger partial charge in [-0.25, -0.2) is 0 Å². The van der Waals surface area contributed by atoms with Gasteiger partial charge in [-0.05, 0) is 31.5 Å². The number of aliphatic hydroxyl groups is 1. The van der Waals surface area contributed by atoms with Gasteiger partial charge in [0.1, 0.15) is 5.75 Å². The fourth-order valence-electron chi connectivity index (χ4n) is 1.36. The Kier molecular flexibility index (Phi) is 3.10. The van der Waals surface area contributed by atoms with Crippen LogP contribution in [0.3, 0.4) is 0 Å². The van der Waals surface area contributed by atoms with Crippen LogP contribution >= 0.6 is 0 Å². The Hall–Kier alpha value is -1.02. The van der Waals surface area contributed by atoms with Crippen molar-refractivity contribution in [1.82, 2.24) is 0 Å². The third-order valence-electron chi connectivity index (χ3n) is 3.34. The predicted octanol–water partition coefficient (Wildman–Crippen LogP) is 2.74. The molecule has 0 aliphatic carbocycles. The van der Waals surface area contributed by atoms with Gasteiger partial charge in [0.25, 0.3) is 0 Å². The quantitative estimate of drug-likeness (QED) is 0.827. The molecule has 0 heterocycles. The van der Waals surface area contributed by atoms with Gasteiger partial charge in [0, 0.05) is 5.41 Å². The molecule has 0 atom stereocenters. The van der Waals surface area contributed by atoms with Gasteiger partial charge in [-0.15, -0.1) is 0 Å². The number of hydrogen-bond acceptors (Lipinski definition) is 2. The fourth-order valence-corrected chi connectivity index (χ4v) is 1.36. The molecule has 0 spiro atoms. The van der Waals surface area contributed by atoms with Crippen LogP contribution in [0.1, 0.15) is 33.3 Å². The lowest BCUT2D eigenvalue weighted by Gasteiger charge is -2.37. The van der Waals surface area contributed by atoms with Crippen molar-refractivity contribution in [1.29, 1.82) is 0 Å². The van der Waals surface area contributed by atoms with Gasteiger partial charge in [0.15, 0.2) is 0 Å². The predicted molar refractivity (Wildman–Crippen MR) is 62.3 cm³/mol. The van der Waals surface area contributed by atoms with E-state index >= 15 is 0 Å². The lowest BCUT2D eigenvalue weighted by molar-refractivity contribution is 0.00962. The number of hydrogen-bond donors (Lipinski definition) is 1. The molecule has 84 valence electrons. The maximum atomic E-state index is 10.1. The lowest BCUT2D eigenvalue weighted by Crippen LogP contribution is -2.42. The van der Waals surface area contributed by atoms with Gasteiger partial charge in [0.2, 0.25) is 0 Å². The Bertz CT molecular complexity index is 317. The van der Waals surface area contributed by atoms with E-state index in [2.05, 4.69) is 0 Å². The first kappa shape index (κ1) is 12.1. The van der Waals surface area contributed by atoms with Crippen molar-refractivity contribution < 1.29 is 9.84 Å². The van der Waals surface area contributed by atoms with Crippen LogP contribution in [0.2, 0.25) is 0 Å². The lowest BCUT2D eigenvalue weighted by atomic mass is 9.72. The largest absolute Gasteiger partial charge is 0.497 e. The Morgan fingerprint density at radius 1 is 1.00 bits per heavy atom. The van der Waals surface area contributed by atoms with E-state index in [0.717, 1.165) is 11.3 Å². The highest BCUT2D eigenvalue weighted by Gasteiger charge is 2.36. The monoisotopic (exact) mass is 208 g/mol. The first-order valence-corrected chi connectivity index (χ1v) is 5.16. The summed E-state index contributed by atoms with van der Waals surface area (Å²) < 4.78 is 5.10. The van der Waals surface area contributed by atoms with E-state index < -0.39 is 5.60 Å². The van der Waals surface area contributed by atoms with E-state index in [1.807, 2.05) is 52.0 Å². The van der Waals surface area contributed by atoms with Crippen molar-refractivity contribution in [2.24, 2.45) is 0 Å². The standard InChI is InChI=1S/C13H20O2/c1-12(2,13(3,4)14)10-6-8-11(15-5)9-7-10/h6-9,14H,1-5H3. The number of ether oxygens (including phenoxy) is 1. The van der Waals surface area contributed by atoms with Crippen molar-refractivity contribution >= 4 is 0 Å². The highest BCUT2D eigenvalue weighted by molar-refractivity contribution is 5.33. The maximum absolute atomic E-state index is 10.1. The van der Waals surface area contributed by atoms with Crippen LogP contribution in [0, 0.1) is 0 Å². The second kappa shape index (κ2) is 3.86. The molecule has 15 heavy (non-hydrogen) atoms. The van der Waals surface area contributed by atoms with Gasteiger partial charge < -0.3 is 9.84 Å². The zero-order chi connectivity index (χ0) is 11.7. The molecule has 0 aliphatic heterocycles. The molecule has 2 nitrogen and oxygen atoms in total. The molecule has 1 N–H and O–H groups in total. The third kappa shape index (κ3) is 2.32. The molecule has 0 saturated carbocycles. The molecule has 0 aromatic heterocycles. The van der Waals surface area contributed by atoms with Crippen molar-refractivity contribution in [3.05, 3.63) is 29.8 Å². The van der Waals surface area contributed by atoms with Crippen LogP contribution in [-0.4, -0.2) is 17.8 Å². The average Bonchev–Trinajstić information content (AvgIpc) is 2.16. The van der Waals surface area contributed by atoms with Crippen LogP contribution < -0.4 is 4.74 Å². The normalized spacial score (nSPS) is 12.7. The molecule has 1 aromatic carbocycles. The highest BCUT2D eigenvalue weighted by atomic mass is 16.5. The molecule has 0 aliphatic rings. The van der Waals surface area contributed by atoms with Crippen molar-refractivity contribution in [3.8, 4) is 5.75 Å². The summed E-state index contributed by atoms with van der Waals surface area (Å²) in [6, 6.07) is 7.83. The topological polar surface area (TPSA) is 29.5 Å². The maximum Gasteiger partial charge on any atom is 0.118 e. The molecule has 0 unspecified atom stereocenters. The van der Waals surface area contributed by atoms with Crippen LogP contribution in [-0.2, 0) is 5.41 Å². The van der Waals surface area contributed by atoms with Gasteiger partial charge in [-0.2, -0.15) is 0 Å². The Labute approximate surface area is 91.9 Å². The fraction of sp³-hybridized carbons (Fsp3) is 0.538. The number of rotatable bonds is 3. The summed E-state index contributed by atoms with van der Waals surface area (Å²) in [4.78, 5) is 0. The zero-order valence-corrected chi connectivity index (χ0v) is 10.2. The Morgan fingerprint density at radius 2 is 1.47 bits per heavy atom. The first-order chi connectivity index (χ1) is 6.79. The summed E-state index contributed by atoms with van der Waals surface area (Å²) in [6.45, 7) is 7.73. The van der Waals surface area contributed by atoms with Gasteiger partial charge in [-0.1, -0.05) is 26.0 Å². The second-order valence-electron chi connectivity index (χ2n) is 4.91. The molecule has 2 heteroatoms. The minimum absolute atomic E-state index is 0.279. The zero-order valence-electron chi connectivity index (χ0n) is 10.2. The summed E-state index contributed by atoms with van der Waals surface area (Å²) in [5.74, 6) is 0.838. The average molecular weight is 208 g/mol. The molecule has 1 aromatic rings. The molecule has 0 radical (unpaired) electrons. The van der Waals surface area contributed by atoms with Crippen LogP contribution in [0.5, 0.6) is 5.75 Å². The van der Waals surface area contributed by atoms with Crippen molar-refractivity contribution in [2.75, 3.05) is 7.11 Å². The SMILES string of the molecule is COc1ccc(C(C)(C)C(C)(C)O)cc1. The van der Waals surface area contributed by atoms with E-state index in [9.17, 15) is 5.11 Å². The molecule has 0 saturated heterocycles. The molecule has 0 amide bonds. The minimum Gasteiger partial charge on any atom is -0.497 e. The van der Waals surface area contributed by atoms with E-state index in [1.54, 1.807) is 7.11 Å². The van der Waals surface area contributed by atoms with Crippen LogP contribution in [0.15, 0.2) is 24.3 Å². The first-order valence-electron chi connectivity index (χ1n) is 5.16. The van der Waals surface area contributed by atoms with Gasteiger partial charge in [0.05, 0.1) is 12.7 Å². The summed E-state index contributed by atoms with van der Waals surface area (Å²) in [7, 11) is 1.65. The molecular weight excluding hydrogens is 188 g/mol. The van der Waals surface area contributed by atoms with Crippen molar-refractivity contribution in [3.63, 3.8) is 0 Å². The van der Waals surface area contributed by atoms with E-state index in [0.29, 0.717) is 0 Å².